The normalized spacial score (nSPS) is 27.7. The highest BCUT2D eigenvalue weighted by Gasteiger charge is 2.44. The van der Waals surface area contributed by atoms with Crippen molar-refractivity contribution in [2.75, 3.05) is 6.54 Å². The summed E-state index contributed by atoms with van der Waals surface area (Å²) < 4.78 is 0. The molecular formula is C19H26N2O. The lowest BCUT2D eigenvalue weighted by molar-refractivity contribution is -0.129. The van der Waals surface area contributed by atoms with Gasteiger partial charge in [0.05, 0.1) is 5.41 Å². The Labute approximate surface area is 133 Å². The van der Waals surface area contributed by atoms with Gasteiger partial charge in [0.25, 0.3) is 0 Å². The first-order chi connectivity index (χ1) is 10.7. The van der Waals surface area contributed by atoms with Gasteiger partial charge in [0, 0.05) is 12.0 Å². The van der Waals surface area contributed by atoms with E-state index >= 15 is 0 Å². The van der Waals surface area contributed by atoms with E-state index in [0.717, 1.165) is 38.3 Å². The quantitative estimate of drug-likeness (QED) is 0.600. The standard InChI is InChI=1S/C19H26N2O/c20-18(22)19(13-6-14-21-16-10-11-16)12-5-4-9-17(19)15-7-2-1-3-8-15/h1-5,7-8,16-17,21H,6,9-14H2,(H2,20,22). The van der Waals surface area contributed by atoms with Crippen LogP contribution in [0.1, 0.15) is 50.0 Å². The van der Waals surface area contributed by atoms with Gasteiger partial charge in [-0.1, -0.05) is 42.5 Å². The van der Waals surface area contributed by atoms with Crippen molar-refractivity contribution in [1.82, 2.24) is 5.32 Å². The molecule has 1 amide bonds. The van der Waals surface area contributed by atoms with Gasteiger partial charge < -0.3 is 11.1 Å². The number of primary amides is 1. The molecule has 1 fully saturated rings. The van der Waals surface area contributed by atoms with Crippen LogP contribution in [0.4, 0.5) is 0 Å². The van der Waals surface area contributed by atoms with Crippen LogP contribution in [0.25, 0.3) is 0 Å². The number of allylic oxidation sites excluding steroid dienone is 2. The summed E-state index contributed by atoms with van der Waals surface area (Å²) in [4.78, 5) is 12.4. The van der Waals surface area contributed by atoms with E-state index in [4.69, 9.17) is 5.73 Å². The Bertz CT molecular complexity index is 536. The van der Waals surface area contributed by atoms with E-state index in [0.29, 0.717) is 0 Å². The first kappa shape index (κ1) is 15.3. The highest BCUT2D eigenvalue weighted by atomic mass is 16.1. The predicted octanol–water partition coefficient (Wildman–Crippen LogP) is 3.12. The Morgan fingerprint density at radius 2 is 2.00 bits per heavy atom. The Hall–Kier alpha value is -1.61. The summed E-state index contributed by atoms with van der Waals surface area (Å²) in [6.07, 6.45) is 10.5. The molecule has 118 valence electrons. The average molecular weight is 298 g/mol. The van der Waals surface area contributed by atoms with Gasteiger partial charge in [-0.15, -0.1) is 0 Å². The van der Waals surface area contributed by atoms with Gasteiger partial charge in [0.2, 0.25) is 5.91 Å². The first-order valence-electron chi connectivity index (χ1n) is 8.45. The molecule has 0 aliphatic heterocycles. The average Bonchev–Trinajstić information content (AvgIpc) is 3.37. The molecule has 3 nitrogen and oxygen atoms in total. The number of carbonyl (C=O) groups is 1. The lowest BCUT2D eigenvalue weighted by Crippen LogP contribution is -2.43. The number of carbonyl (C=O) groups excluding carboxylic acids is 1. The molecule has 1 aromatic carbocycles. The molecule has 2 aliphatic carbocycles. The molecule has 22 heavy (non-hydrogen) atoms. The summed E-state index contributed by atoms with van der Waals surface area (Å²) in [5.41, 5.74) is 6.70. The second kappa shape index (κ2) is 6.66. The molecule has 3 N–H and O–H groups in total. The molecule has 2 unspecified atom stereocenters. The Morgan fingerprint density at radius 3 is 2.68 bits per heavy atom. The summed E-state index contributed by atoms with van der Waals surface area (Å²) in [6.45, 7) is 0.991. The van der Waals surface area contributed by atoms with Crippen molar-refractivity contribution < 1.29 is 4.79 Å². The molecule has 0 heterocycles. The molecule has 1 saturated carbocycles. The van der Waals surface area contributed by atoms with Crippen LogP contribution in [0.2, 0.25) is 0 Å². The van der Waals surface area contributed by atoms with Crippen LogP contribution in [-0.4, -0.2) is 18.5 Å². The zero-order chi connectivity index (χ0) is 15.4. The van der Waals surface area contributed by atoms with Crippen LogP contribution in [0.5, 0.6) is 0 Å². The zero-order valence-corrected chi connectivity index (χ0v) is 13.1. The van der Waals surface area contributed by atoms with Crippen molar-refractivity contribution in [2.45, 2.75) is 50.5 Å². The van der Waals surface area contributed by atoms with Crippen LogP contribution in [0.15, 0.2) is 42.5 Å². The third-order valence-corrected chi connectivity index (χ3v) is 5.19. The Balaban J connectivity index is 1.75. The summed E-state index contributed by atoms with van der Waals surface area (Å²) in [6, 6.07) is 11.1. The molecule has 3 heteroatoms. The lowest BCUT2D eigenvalue weighted by Gasteiger charge is -2.40. The summed E-state index contributed by atoms with van der Waals surface area (Å²) in [7, 11) is 0. The van der Waals surface area contributed by atoms with E-state index in [2.05, 4.69) is 29.6 Å². The van der Waals surface area contributed by atoms with Crippen LogP contribution in [0, 0.1) is 5.41 Å². The van der Waals surface area contributed by atoms with Gasteiger partial charge in [-0.3, -0.25) is 4.79 Å². The molecule has 0 radical (unpaired) electrons. The maximum atomic E-state index is 12.4. The highest BCUT2D eigenvalue weighted by molar-refractivity contribution is 5.82. The number of hydrogen-bond donors (Lipinski definition) is 2. The molecule has 0 aromatic heterocycles. The number of rotatable bonds is 7. The summed E-state index contributed by atoms with van der Waals surface area (Å²) in [5, 5.41) is 3.54. The van der Waals surface area contributed by atoms with Crippen LogP contribution < -0.4 is 11.1 Å². The maximum Gasteiger partial charge on any atom is 0.224 e. The minimum absolute atomic E-state index is 0.142. The number of nitrogens with two attached hydrogens (primary N) is 1. The zero-order valence-electron chi connectivity index (χ0n) is 13.1. The fourth-order valence-electron chi connectivity index (χ4n) is 3.70. The summed E-state index contributed by atoms with van der Waals surface area (Å²) >= 11 is 0. The van der Waals surface area contributed by atoms with Gasteiger partial charge in [-0.25, -0.2) is 0 Å². The van der Waals surface area contributed by atoms with Crippen LogP contribution in [-0.2, 0) is 4.79 Å². The van der Waals surface area contributed by atoms with E-state index < -0.39 is 5.41 Å². The largest absolute Gasteiger partial charge is 0.369 e. The topological polar surface area (TPSA) is 55.1 Å². The smallest absolute Gasteiger partial charge is 0.224 e. The van der Waals surface area contributed by atoms with Crippen molar-refractivity contribution in [2.24, 2.45) is 11.1 Å². The number of nitrogens with one attached hydrogen (secondary N) is 1. The lowest BCUT2D eigenvalue weighted by atomic mass is 9.63. The van der Waals surface area contributed by atoms with Crippen LogP contribution >= 0.6 is 0 Å². The van der Waals surface area contributed by atoms with Gasteiger partial charge in [0.15, 0.2) is 0 Å². The minimum atomic E-state index is -0.429. The molecule has 0 saturated heterocycles. The van der Waals surface area contributed by atoms with Crippen molar-refractivity contribution in [3.63, 3.8) is 0 Å². The second-order valence-electron chi connectivity index (χ2n) is 6.73. The molecule has 2 atom stereocenters. The number of benzene rings is 1. The van der Waals surface area contributed by atoms with Gasteiger partial charge in [-0.05, 0) is 50.6 Å². The monoisotopic (exact) mass is 298 g/mol. The fourth-order valence-corrected chi connectivity index (χ4v) is 3.70. The van der Waals surface area contributed by atoms with Crippen molar-refractivity contribution >= 4 is 5.91 Å². The molecule has 0 bridgehead atoms. The number of amides is 1. The number of hydrogen-bond acceptors (Lipinski definition) is 2. The third kappa shape index (κ3) is 3.25. The first-order valence-corrected chi connectivity index (χ1v) is 8.45. The van der Waals surface area contributed by atoms with Gasteiger partial charge in [-0.2, -0.15) is 0 Å². The van der Waals surface area contributed by atoms with Gasteiger partial charge in [0.1, 0.15) is 0 Å². The summed E-state index contributed by atoms with van der Waals surface area (Å²) in [5.74, 6) is 0.0641. The maximum absolute atomic E-state index is 12.4. The molecular weight excluding hydrogens is 272 g/mol. The molecule has 0 spiro atoms. The SMILES string of the molecule is NC(=O)C1(CCCNC2CC2)CC=CCC1c1ccccc1. The van der Waals surface area contributed by atoms with Crippen molar-refractivity contribution in [3.05, 3.63) is 48.0 Å². The Morgan fingerprint density at radius 1 is 1.23 bits per heavy atom. The van der Waals surface area contributed by atoms with E-state index in [1.807, 2.05) is 18.2 Å². The second-order valence-corrected chi connectivity index (χ2v) is 6.73. The van der Waals surface area contributed by atoms with E-state index in [-0.39, 0.29) is 11.8 Å². The molecule has 2 aliphatic rings. The molecule has 3 rings (SSSR count). The van der Waals surface area contributed by atoms with E-state index in [1.165, 1.54) is 18.4 Å². The van der Waals surface area contributed by atoms with E-state index in [9.17, 15) is 4.79 Å². The Kier molecular flexibility index (Phi) is 4.63. The van der Waals surface area contributed by atoms with E-state index in [1.54, 1.807) is 0 Å². The fraction of sp³-hybridized carbons (Fsp3) is 0.526. The molecule has 1 aromatic rings. The van der Waals surface area contributed by atoms with Gasteiger partial charge >= 0.3 is 0 Å². The highest BCUT2D eigenvalue weighted by Crippen LogP contribution is 2.47. The van der Waals surface area contributed by atoms with Crippen molar-refractivity contribution in [3.8, 4) is 0 Å². The van der Waals surface area contributed by atoms with Crippen LogP contribution in [0.3, 0.4) is 0 Å². The predicted molar refractivity (Wildman–Crippen MR) is 89.4 cm³/mol. The van der Waals surface area contributed by atoms with Crippen molar-refractivity contribution in [1.29, 1.82) is 0 Å². The third-order valence-electron chi connectivity index (χ3n) is 5.19. The minimum Gasteiger partial charge on any atom is -0.369 e.